The Balaban J connectivity index is 2.45. The number of nitrogens with one attached hydrogen (secondary N) is 1. The summed E-state index contributed by atoms with van der Waals surface area (Å²) in [6.07, 6.45) is 1.09. The number of anilines is 1. The Morgan fingerprint density at radius 2 is 2.10 bits per heavy atom. The molecule has 0 aliphatic rings. The van der Waals surface area contributed by atoms with Crippen molar-refractivity contribution in [1.82, 2.24) is 4.90 Å². The molecule has 0 fully saturated rings. The Morgan fingerprint density at radius 1 is 1.35 bits per heavy atom. The van der Waals surface area contributed by atoms with Gasteiger partial charge in [-0.3, -0.25) is 4.79 Å². The summed E-state index contributed by atoms with van der Waals surface area (Å²) in [4.78, 5) is 14.0. The molecule has 1 amide bonds. The van der Waals surface area contributed by atoms with E-state index in [1.54, 1.807) is 18.2 Å². The quantitative estimate of drug-likeness (QED) is 0.774. The van der Waals surface area contributed by atoms with E-state index in [1.165, 1.54) is 0 Å². The Bertz CT molecular complexity index is 441. The summed E-state index contributed by atoms with van der Waals surface area (Å²) in [6, 6.07) is 4.96. The standard InChI is InChI=1S/C14H20Cl2N2O2/c1-2-18(7-3-9-19)8-6-14(20)17-13-10-11(15)4-5-12(13)16/h4-5,10,19H,2-3,6-9H2,1H3,(H,17,20). The summed E-state index contributed by atoms with van der Waals surface area (Å²) < 4.78 is 0. The molecule has 0 saturated carbocycles. The highest BCUT2D eigenvalue weighted by Gasteiger charge is 2.09. The highest BCUT2D eigenvalue weighted by molar-refractivity contribution is 6.35. The number of aliphatic hydroxyl groups excluding tert-OH is 1. The molecular formula is C14H20Cl2N2O2. The number of hydrogen-bond donors (Lipinski definition) is 2. The number of carbonyl (C=O) groups is 1. The molecule has 0 radical (unpaired) electrons. The van der Waals surface area contributed by atoms with Crippen molar-refractivity contribution in [3.05, 3.63) is 28.2 Å². The third-order valence-electron chi connectivity index (χ3n) is 2.94. The number of benzene rings is 1. The molecule has 20 heavy (non-hydrogen) atoms. The normalized spacial score (nSPS) is 10.8. The highest BCUT2D eigenvalue weighted by atomic mass is 35.5. The Hall–Kier alpha value is -0.810. The van der Waals surface area contributed by atoms with Crippen molar-refractivity contribution >= 4 is 34.8 Å². The van der Waals surface area contributed by atoms with Crippen molar-refractivity contribution in [3.63, 3.8) is 0 Å². The average molecular weight is 319 g/mol. The number of aliphatic hydroxyl groups is 1. The van der Waals surface area contributed by atoms with Crippen LogP contribution in [0.15, 0.2) is 18.2 Å². The second-order valence-corrected chi connectivity index (χ2v) is 5.28. The van der Waals surface area contributed by atoms with Gasteiger partial charge in [-0.2, -0.15) is 0 Å². The number of rotatable bonds is 8. The van der Waals surface area contributed by atoms with Gasteiger partial charge in [0.25, 0.3) is 0 Å². The highest BCUT2D eigenvalue weighted by Crippen LogP contribution is 2.25. The number of carbonyl (C=O) groups excluding carboxylic acids is 1. The van der Waals surface area contributed by atoms with Gasteiger partial charge in [0.15, 0.2) is 0 Å². The van der Waals surface area contributed by atoms with Gasteiger partial charge in [-0.05, 0) is 31.2 Å². The Labute approximate surface area is 129 Å². The summed E-state index contributed by atoms with van der Waals surface area (Å²) in [6.45, 7) is 4.49. The lowest BCUT2D eigenvalue weighted by atomic mass is 10.3. The van der Waals surface area contributed by atoms with E-state index in [0.717, 1.165) is 19.5 Å². The van der Waals surface area contributed by atoms with Crippen LogP contribution >= 0.6 is 23.2 Å². The van der Waals surface area contributed by atoms with Gasteiger partial charge in [0.1, 0.15) is 0 Å². The van der Waals surface area contributed by atoms with Crippen molar-refractivity contribution in [2.75, 3.05) is 31.6 Å². The van der Waals surface area contributed by atoms with Crippen LogP contribution in [-0.4, -0.2) is 42.2 Å². The molecular weight excluding hydrogens is 299 g/mol. The molecule has 112 valence electrons. The Morgan fingerprint density at radius 3 is 2.75 bits per heavy atom. The number of amides is 1. The monoisotopic (exact) mass is 318 g/mol. The fourth-order valence-electron chi connectivity index (χ4n) is 1.79. The molecule has 2 N–H and O–H groups in total. The van der Waals surface area contributed by atoms with Crippen molar-refractivity contribution in [2.45, 2.75) is 19.8 Å². The van der Waals surface area contributed by atoms with Crippen molar-refractivity contribution in [3.8, 4) is 0 Å². The van der Waals surface area contributed by atoms with Gasteiger partial charge in [-0.25, -0.2) is 0 Å². The second kappa shape index (κ2) is 9.19. The van der Waals surface area contributed by atoms with E-state index in [-0.39, 0.29) is 12.5 Å². The fourth-order valence-corrected chi connectivity index (χ4v) is 2.12. The molecule has 1 aromatic rings. The smallest absolute Gasteiger partial charge is 0.225 e. The van der Waals surface area contributed by atoms with Gasteiger partial charge in [-0.15, -0.1) is 0 Å². The van der Waals surface area contributed by atoms with Gasteiger partial charge in [-0.1, -0.05) is 30.1 Å². The van der Waals surface area contributed by atoms with Crippen LogP contribution in [0.25, 0.3) is 0 Å². The molecule has 0 spiro atoms. The molecule has 0 bridgehead atoms. The van der Waals surface area contributed by atoms with Crippen LogP contribution in [0.3, 0.4) is 0 Å². The van der Waals surface area contributed by atoms with Crippen LogP contribution in [0.5, 0.6) is 0 Å². The lowest BCUT2D eigenvalue weighted by Gasteiger charge is -2.19. The van der Waals surface area contributed by atoms with Crippen LogP contribution in [0.4, 0.5) is 5.69 Å². The molecule has 0 heterocycles. The van der Waals surface area contributed by atoms with E-state index in [0.29, 0.717) is 28.7 Å². The van der Waals surface area contributed by atoms with Crippen LogP contribution in [0.1, 0.15) is 19.8 Å². The lowest BCUT2D eigenvalue weighted by molar-refractivity contribution is -0.116. The van der Waals surface area contributed by atoms with Gasteiger partial charge in [0.05, 0.1) is 10.7 Å². The zero-order chi connectivity index (χ0) is 15.0. The van der Waals surface area contributed by atoms with Crippen LogP contribution < -0.4 is 5.32 Å². The van der Waals surface area contributed by atoms with E-state index >= 15 is 0 Å². The largest absolute Gasteiger partial charge is 0.396 e. The van der Waals surface area contributed by atoms with Crippen LogP contribution in [0, 0.1) is 0 Å². The summed E-state index contributed by atoms with van der Waals surface area (Å²) in [5.41, 5.74) is 0.530. The first-order chi connectivity index (χ1) is 9.56. The maximum atomic E-state index is 11.9. The number of hydrogen-bond acceptors (Lipinski definition) is 3. The van der Waals surface area contributed by atoms with Gasteiger partial charge in [0, 0.05) is 31.1 Å². The van der Waals surface area contributed by atoms with Crippen molar-refractivity contribution < 1.29 is 9.90 Å². The molecule has 0 aliphatic carbocycles. The molecule has 0 aromatic heterocycles. The van der Waals surface area contributed by atoms with E-state index in [1.807, 2.05) is 6.92 Å². The van der Waals surface area contributed by atoms with Gasteiger partial charge < -0.3 is 15.3 Å². The predicted molar refractivity (Wildman–Crippen MR) is 83.5 cm³/mol. The zero-order valence-corrected chi connectivity index (χ0v) is 13.0. The molecule has 1 rings (SSSR count). The van der Waals surface area contributed by atoms with Gasteiger partial charge >= 0.3 is 0 Å². The molecule has 1 aromatic carbocycles. The first-order valence-electron chi connectivity index (χ1n) is 6.65. The topological polar surface area (TPSA) is 52.6 Å². The zero-order valence-electron chi connectivity index (χ0n) is 11.5. The van der Waals surface area contributed by atoms with Gasteiger partial charge in [0.2, 0.25) is 5.91 Å². The molecule has 0 aliphatic heterocycles. The predicted octanol–water partition coefficient (Wildman–Crippen LogP) is 3.03. The lowest BCUT2D eigenvalue weighted by Crippen LogP contribution is -2.29. The molecule has 0 atom stereocenters. The van der Waals surface area contributed by atoms with E-state index in [2.05, 4.69) is 10.2 Å². The summed E-state index contributed by atoms with van der Waals surface area (Å²) in [5.74, 6) is -0.100. The SMILES string of the molecule is CCN(CCCO)CCC(=O)Nc1cc(Cl)ccc1Cl. The van der Waals surface area contributed by atoms with Crippen molar-refractivity contribution in [2.24, 2.45) is 0 Å². The molecule has 0 saturated heterocycles. The maximum absolute atomic E-state index is 11.9. The third-order valence-corrected chi connectivity index (χ3v) is 3.50. The van der Waals surface area contributed by atoms with E-state index < -0.39 is 0 Å². The number of halogens is 2. The minimum atomic E-state index is -0.100. The molecule has 0 unspecified atom stereocenters. The minimum Gasteiger partial charge on any atom is -0.396 e. The summed E-state index contributed by atoms with van der Waals surface area (Å²) in [5, 5.41) is 12.6. The van der Waals surface area contributed by atoms with E-state index in [9.17, 15) is 4.79 Å². The van der Waals surface area contributed by atoms with Crippen LogP contribution in [-0.2, 0) is 4.79 Å². The third kappa shape index (κ3) is 6.09. The first-order valence-corrected chi connectivity index (χ1v) is 7.40. The number of nitrogens with zero attached hydrogens (tertiary/aromatic N) is 1. The van der Waals surface area contributed by atoms with E-state index in [4.69, 9.17) is 28.3 Å². The average Bonchev–Trinajstić information content (AvgIpc) is 2.43. The maximum Gasteiger partial charge on any atom is 0.225 e. The van der Waals surface area contributed by atoms with Crippen LogP contribution in [0.2, 0.25) is 10.0 Å². The molecule has 4 nitrogen and oxygen atoms in total. The molecule has 6 heteroatoms. The summed E-state index contributed by atoms with van der Waals surface area (Å²) >= 11 is 11.9. The fraction of sp³-hybridized carbons (Fsp3) is 0.500. The first kappa shape index (κ1) is 17.2. The Kier molecular flexibility index (Phi) is 7.92. The second-order valence-electron chi connectivity index (χ2n) is 4.43. The minimum absolute atomic E-state index is 0.100. The summed E-state index contributed by atoms with van der Waals surface area (Å²) in [7, 11) is 0. The van der Waals surface area contributed by atoms with Crippen molar-refractivity contribution in [1.29, 1.82) is 0 Å².